The standard InChI is InChI=1S/C10H17N3O/c1-2-13-7-9(6-12-13)5-10(14)3-4-11-8-10/h6-7,11,14H,2-5,8H2,1H3. The van der Waals surface area contributed by atoms with Crippen LogP contribution in [0.2, 0.25) is 0 Å². The number of hydrogen-bond donors (Lipinski definition) is 2. The van der Waals surface area contributed by atoms with Gasteiger partial charge >= 0.3 is 0 Å². The Morgan fingerprint density at radius 3 is 3.14 bits per heavy atom. The molecule has 0 aliphatic carbocycles. The number of aliphatic hydroxyl groups is 1. The van der Waals surface area contributed by atoms with Gasteiger partial charge in [-0.1, -0.05) is 0 Å². The van der Waals surface area contributed by atoms with Gasteiger partial charge in [0.1, 0.15) is 0 Å². The number of aromatic nitrogens is 2. The Bertz CT molecular complexity index is 302. The van der Waals surface area contributed by atoms with Crippen molar-refractivity contribution in [3.63, 3.8) is 0 Å². The monoisotopic (exact) mass is 195 g/mol. The summed E-state index contributed by atoms with van der Waals surface area (Å²) in [6.07, 6.45) is 5.40. The van der Waals surface area contributed by atoms with Crippen molar-refractivity contribution in [3.05, 3.63) is 18.0 Å². The Balaban J connectivity index is 2.02. The van der Waals surface area contributed by atoms with Gasteiger partial charge in [0.2, 0.25) is 0 Å². The van der Waals surface area contributed by atoms with Gasteiger partial charge in [0.05, 0.1) is 11.8 Å². The van der Waals surface area contributed by atoms with E-state index in [1.54, 1.807) is 0 Å². The highest BCUT2D eigenvalue weighted by Gasteiger charge is 2.31. The summed E-state index contributed by atoms with van der Waals surface area (Å²) in [4.78, 5) is 0. The first-order valence-electron chi connectivity index (χ1n) is 5.16. The number of β-amino-alcohol motifs (C(OH)–C–C–N with tert-alkyl or cyclic N) is 1. The smallest absolute Gasteiger partial charge is 0.0824 e. The molecule has 1 aromatic heterocycles. The minimum atomic E-state index is -0.554. The number of aryl methyl sites for hydroxylation is 1. The van der Waals surface area contributed by atoms with E-state index in [0.717, 1.165) is 25.1 Å². The lowest BCUT2D eigenvalue weighted by atomic mass is 9.96. The largest absolute Gasteiger partial charge is 0.388 e. The van der Waals surface area contributed by atoms with Crippen molar-refractivity contribution in [2.45, 2.75) is 31.9 Å². The van der Waals surface area contributed by atoms with E-state index < -0.39 is 5.60 Å². The normalized spacial score (nSPS) is 27.0. The molecule has 0 spiro atoms. The Kier molecular flexibility index (Phi) is 2.56. The molecule has 1 aliphatic heterocycles. The summed E-state index contributed by atoms with van der Waals surface area (Å²) in [7, 11) is 0. The van der Waals surface area contributed by atoms with E-state index in [0.29, 0.717) is 13.0 Å². The van der Waals surface area contributed by atoms with E-state index >= 15 is 0 Å². The third kappa shape index (κ3) is 1.96. The van der Waals surface area contributed by atoms with Gasteiger partial charge in [-0.3, -0.25) is 4.68 Å². The number of nitrogens with one attached hydrogen (secondary N) is 1. The molecule has 1 fully saturated rings. The molecule has 0 bridgehead atoms. The molecule has 2 heterocycles. The molecule has 0 amide bonds. The minimum absolute atomic E-state index is 0.554. The van der Waals surface area contributed by atoms with E-state index in [1.165, 1.54) is 0 Å². The highest BCUT2D eigenvalue weighted by atomic mass is 16.3. The van der Waals surface area contributed by atoms with Crippen LogP contribution in [0.15, 0.2) is 12.4 Å². The predicted molar refractivity (Wildman–Crippen MR) is 54.0 cm³/mol. The quantitative estimate of drug-likeness (QED) is 0.723. The lowest BCUT2D eigenvalue weighted by molar-refractivity contribution is 0.0619. The molecule has 78 valence electrons. The maximum absolute atomic E-state index is 10.1. The van der Waals surface area contributed by atoms with Crippen LogP contribution in [-0.2, 0) is 13.0 Å². The first-order valence-corrected chi connectivity index (χ1v) is 5.16. The molecule has 4 nitrogen and oxygen atoms in total. The molecule has 0 aromatic carbocycles. The zero-order valence-electron chi connectivity index (χ0n) is 8.53. The Hall–Kier alpha value is -0.870. The molecule has 2 rings (SSSR count). The fraction of sp³-hybridized carbons (Fsp3) is 0.700. The van der Waals surface area contributed by atoms with Crippen molar-refractivity contribution in [2.75, 3.05) is 13.1 Å². The molecule has 2 N–H and O–H groups in total. The summed E-state index contributed by atoms with van der Waals surface area (Å²) in [6, 6.07) is 0. The average Bonchev–Trinajstić information content (AvgIpc) is 2.75. The van der Waals surface area contributed by atoms with Crippen LogP contribution >= 0.6 is 0 Å². The predicted octanol–water partition coefficient (Wildman–Crippen LogP) is 0.170. The minimum Gasteiger partial charge on any atom is -0.388 e. The van der Waals surface area contributed by atoms with Crippen LogP contribution in [0.3, 0.4) is 0 Å². The molecule has 4 heteroatoms. The van der Waals surface area contributed by atoms with Gasteiger partial charge in [-0.05, 0) is 25.5 Å². The summed E-state index contributed by atoms with van der Waals surface area (Å²) in [5.74, 6) is 0. The molecular weight excluding hydrogens is 178 g/mol. The summed E-state index contributed by atoms with van der Waals surface area (Å²) >= 11 is 0. The zero-order chi connectivity index (χ0) is 10.0. The van der Waals surface area contributed by atoms with E-state index in [1.807, 2.05) is 17.1 Å². The molecule has 1 saturated heterocycles. The van der Waals surface area contributed by atoms with Crippen molar-refractivity contribution in [1.29, 1.82) is 0 Å². The van der Waals surface area contributed by atoms with Gasteiger partial charge < -0.3 is 10.4 Å². The zero-order valence-corrected chi connectivity index (χ0v) is 8.53. The van der Waals surface area contributed by atoms with Crippen LogP contribution in [0.1, 0.15) is 18.9 Å². The van der Waals surface area contributed by atoms with E-state index in [-0.39, 0.29) is 0 Å². The molecule has 1 atom stereocenters. The molecular formula is C10H17N3O. The van der Waals surface area contributed by atoms with Crippen LogP contribution < -0.4 is 5.32 Å². The van der Waals surface area contributed by atoms with Crippen molar-refractivity contribution in [1.82, 2.24) is 15.1 Å². The molecule has 1 unspecified atom stereocenters. The van der Waals surface area contributed by atoms with Gasteiger partial charge in [-0.25, -0.2) is 0 Å². The summed E-state index contributed by atoms with van der Waals surface area (Å²) in [6.45, 7) is 4.56. The first kappa shape index (κ1) is 9.68. The van der Waals surface area contributed by atoms with Crippen molar-refractivity contribution < 1.29 is 5.11 Å². The summed E-state index contributed by atoms with van der Waals surface area (Å²) in [5, 5.41) is 17.5. The highest BCUT2D eigenvalue weighted by Crippen LogP contribution is 2.19. The second-order valence-electron chi connectivity index (χ2n) is 4.03. The van der Waals surface area contributed by atoms with E-state index in [9.17, 15) is 5.11 Å². The molecule has 0 saturated carbocycles. The fourth-order valence-corrected chi connectivity index (χ4v) is 1.93. The average molecular weight is 195 g/mol. The maximum atomic E-state index is 10.1. The maximum Gasteiger partial charge on any atom is 0.0824 e. The highest BCUT2D eigenvalue weighted by molar-refractivity contribution is 5.10. The summed E-state index contributed by atoms with van der Waals surface area (Å²) in [5.41, 5.74) is 0.569. The van der Waals surface area contributed by atoms with Gasteiger partial charge in [0.15, 0.2) is 0 Å². The van der Waals surface area contributed by atoms with Crippen molar-refractivity contribution >= 4 is 0 Å². The lowest BCUT2D eigenvalue weighted by Crippen LogP contribution is -2.33. The lowest BCUT2D eigenvalue weighted by Gasteiger charge is -2.19. The van der Waals surface area contributed by atoms with Gasteiger partial charge in [0.25, 0.3) is 0 Å². The Morgan fingerprint density at radius 2 is 2.57 bits per heavy atom. The third-order valence-corrected chi connectivity index (χ3v) is 2.77. The van der Waals surface area contributed by atoms with Crippen molar-refractivity contribution in [2.24, 2.45) is 0 Å². The topological polar surface area (TPSA) is 50.1 Å². The second-order valence-corrected chi connectivity index (χ2v) is 4.03. The fourth-order valence-electron chi connectivity index (χ4n) is 1.93. The van der Waals surface area contributed by atoms with E-state index in [2.05, 4.69) is 17.3 Å². The summed E-state index contributed by atoms with van der Waals surface area (Å²) < 4.78 is 1.89. The van der Waals surface area contributed by atoms with Gasteiger partial charge in [0, 0.05) is 25.7 Å². The molecule has 0 radical (unpaired) electrons. The molecule has 1 aromatic rings. The second kappa shape index (κ2) is 3.71. The van der Waals surface area contributed by atoms with Gasteiger partial charge in [-0.2, -0.15) is 5.10 Å². The third-order valence-electron chi connectivity index (χ3n) is 2.77. The Labute approximate surface area is 83.9 Å². The van der Waals surface area contributed by atoms with Crippen LogP contribution in [-0.4, -0.2) is 33.6 Å². The SMILES string of the molecule is CCn1cc(CC2(O)CCNC2)cn1. The first-order chi connectivity index (χ1) is 6.72. The van der Waals surface area contributed by atoms with Crippen LogP contribution in [0.5, 0.6) is 0 Å². The van der Waals surface area contributed by atoms with E-state index in [4.69, 9.17) is 0 Å². The van der Waals surface area contributed by atoms with Gasteiger partial charge in [-0.15, -0.1) is 0 Å². The molecule has 14 heavy (non-hydrogen) atoms. The Morgan fingerprint density at radius 1 is 1.71 bits per heavy atom. The van der Waals surface area contributed by atoms with Crippen molar-refractivity contribution in [3.8, 4) is 0 Å². The van der Waals surface area contributed by atoms with Crippen LogP contribution in [0, 0.1) is 0 Å². The van der Waals surface area contributed by atoms with Crippen LogP contribution in [0.4, 0.5) is 0 Å². The number of rotatable bonds is 3. The van der Waals surface area contributed by atoms with Crippen LogP contribution in [0.25, 0.3) is 0 Å². The number of hydrogen-bond acceptors (Lipinski definition) is 3. The molecule has 1 aliphatic rings. The number of nitrogens with zero attached hydrogens (tertiary/aromatic N) is 2.